The summed E-state index contributed by atoms with van der Waals surface area (Å²) < 4.78 is 0. The number of nitrogens with zero attached hydrogens (tertiary/aromatic N) is 1. The van der Waals surface area contributed by atoms with E-state index in [1.807, 2.05) is 12.1 Å². The van der Waals surface area contributed by atoms with E-state index in [0.717, 1.165) is 13.0 Å². The minimum atomic E-state index is 0.0524. The highest BCUT2D eigenvalue weighted by Crippen LogP contribution is 2.26. The van der Waals surface area contributed by atoms with Crippen molar-refractivity contribution in [1.29, 1.82) is 0 Å². The molecule has 1 amide bonds. The van der Waals surface area contributed by atoms with Crippen molar-refractivity contribution in [1.82, 2.24) is 5.32 Å². The zero-order chi connectivity index (χ0) is 11.4. The molecule has 0 spiro atoms. The largest absolute Gasteiger partial charge is 0.362 e. The molecule has 0 radical (unpaired) electrons. The van der Waals surface area contributed by atoms with Crippen molar-refractivity contribution in [2.24, 2.45) is 0 Å². The van der Waals surface area contributed by atoms with Crippen molar-refractivity contribution in [3.63, 3.8) is 0 Å². The standard InChI is InChI=1S/C13H16N2O/c1-2-8-14-13(16)10-15-9-7-11-5-3-4-6-12(11)15/h2-6H,1,7-10H2,(H,14,16). The summed E-state index contributed by atoms with van der Waals surface area (Å²) in [5.41, 5.74) is 2.52. The first-order valence-electron chi connectivity index (χ1n) is 5.51. The Morgan fingerprint density at radius 1 is 1.50 bits per heavy atom. The molecule has 3 nitrogen and oxygen atoms in total. The molecule has 1 aliphatic heterocycles. The number of hydrogen-bond donors (Lipinski definition) is 1. The van der Waals surface area contributed by atoms with Crippen LogP contribution in [0, 0.1) is 0 Å². The molecule has 0 bridgehead atoms. The van der Waals surface area contributed by atoms with E-state index in [4.69, 9.17) is 0 Å². The summed E-state index contributed by atoms with van der Waals surface area (Å²) in [5, 5.41) is 2.79. The second-order valence-corrected chi connectivity index (χ2v) is 3.89. The quantitative estimate of drug-likeness (QED) is 0.771. The van der Waals surface area contributed by atoms with Gasteiger partial charge in [-0.2, -0.15) is 0 Å². The van der Waals surface area contributed by atoms with Crippen molar-refractivity contribution in [3.05, 3.63) is 42.5 Å². The number of para-hydroxylation sites is 1. The molecule has 3 heteroatoms. The number of carbonyl (C=O) groups excluding carboxylic acids is 1. The van der Waals surface area contributed by atoms with Gasteiger partial charge in [-0.25, -0.2) is 0 Å². The second kappa shape index (κ2) is 4.84. The normalized spacial score (nSPS) is 13.4. The summed E-state index contributed by atoms with van der Waals surface area (Å²) in [6.45, 7) is 5.47. The van der Waals surface area contributed by atoms with Crippen molar-refractivity contribution < 1.29 is 4.79 Å². The monoisotopic (exact) mass is 216 g/mol. The molecule has 0 aromatic heterocycles. The molecule has 2 rings (SSSR count). The lowest BCUT2D eigenvalue weighted by Crippen LogP contribution is -2.36. The van der Waals surface area contributed by atoms with E-state index < -0.39 is 0 Å². The molecular weight excluding hydrogens is 200 g/mol. The van der Waals surface area contributed by atoms with E-state index in [1.165, 1.54) is 11.3 Å². The summed E-state index contributed by atoms with van der Waals surface area (Å²) in [5.74, 6) is 0.0524. The highest BCUT2D eigenvalue weighted by Gasteiger charge is 2.19. The molecule has 16 heavy (non-hydrogen) atoms. The van der Waals surface area contributed by atoms with Gasteiger partial charge in [0.2, 0.25) is 5.91 Å². The van der Waals surface area contributed by atoms with Crippen molar-refractivity contribution >= 4 is 11.6 Å². The Labute approximate surface area is 95.8 Å². The van der Waals surface area contributed by atoms with Crippen molar-refractivity contribution in [2.75, 3.05) is 24.5 Å². The molecular formula is C13H16N2O. The Morgan fingerprint density at radius 3 is 3.12 bits per heavy atom. The highest BCUT2D eigenvalue weighted by molar-refractivity contribution is 5.82. The van der Waals surface area contributed by atoms with E-state index >= 15 is 0 Å². The van der Waals surface area contributed by atoms with Crippen LogP contribution in [0.5, 0.6) is 0 Å². The average molecular weight is 216 g/mol. The number of rotatable bonds is 4. The maximum Gasteiger partial charge on any atom is 0.239 e. The lowest BCUT2D eigenvalue weighted by Gasteiger charge is -2.18. The third-order valence-corrected chi connectivity index (χ3v) is 2.76. The Balaban J connectivity index is 1.98. The topological polar surface area (TPSA) is 32.3 Å². The van der Waals surface area contributed by atoms with Crippen LogP contribution < -0.4 is 10.2 Å². The molecule has 1 aromatic rings. The Kier molecular flexibility index (Phi) is 3.25. The third kappa shape index (κ3) is 2.24. The molecule has 84 valence electrons. The zero-order valence-corrected chi connectivity index (χ0v) is 9.28. The molecule has 0 unspecified atom stereocenters. The minimum Gasteiger partial charge on any atom is -0.362 e. The van der Waals surface area contributed by atoms with Gasteiger partial charge in [-0.05, 0) is 18.1 Å². The fourth-order valence-corrected chi connectivity index (χ4v) is 1.99. The van der Waals surface area contributed by atoms with Crippen LogP contribution in [-0.2, 0) is 11.2 Å². The number of amides is 1. The summed E-state index contributed by atoms with van der Waals surface area (Å²) in [7, 11) is 0. The molecule has 0 atom stereocenters. The van der Waals surface area contributed by atoms with Gasteiger partial charge in [-0.15, -0.1) is 6.58 Å². The van der Waals surface area contributed by atoms with Crippen LogP contribution in [0.2, 0.25) is 0 Å². The van der Waals surface area contributed by atoms with Gasteiger partial charge in [0.15, 0.2) is 0 Å². The van der Waals surface area contributed by atoms with Gasteiger partial charge in [-0.1, -0.05) is 24.3 Å². The van der Waals surface area contributed by atoms with Gasteiger partial charge in [0.05, 0.1) is 6.54 Å². The van der Waals surface area contributed by atoms with E-state index in [2.05, 4.69) is 28.9 Å². The zero-order valence-electron chi connectivity index (χ0n) is 9.28. The molecule has 0 saturated carbocycles. The Hall–Kier alpha value is -1.77. The Morgan fingerprint density at radius 2 is 2.31 bits per heavy atom. The molecule has 1 N–H and O–H groups in total. The van der Waals surface area contributed by atoms with Gasteiger partial charge < -0.3 is 10.2 Å². The summed E-state index contributed by atoms with van der Waals surface area (Å²) in [6.07, 6.45) is 2.72. The SMILES string of the molecule is C=CCNC(=O)CN1CCc2ccccc21. The van der Waals surface area contributed by atoms with E-state index in [0.29, 0.717) is 13.1 Å². The molecule has 0 fully saturated rings. The molecule has 1 heterocycles. The second-order valence-electron chi connectivity index (χ2n) is 3.89. The Bertz CT molecular complexity index is 401. The maximum atomic E-state index is 11.6. The minimum absolute atomic E-state index is 0.0524. The average Bonchev–Trinajstić information content (AvgIpc) is 2.70. The van der Waals surface area contributed by atoms with Gasteiger partial charge in [0.1, 0.15) is 0 Å². The van der Waals surface area contributed by atoms with Crippen LogP contribution in [0.3, 0.4) is 0 Å². The third-order valence-electron chi connectivity index (χ3n) is 2.76. The lowest BCUT2D eigenvalue weighted by atomic mass is 10.2. The fourth-order valence-electron chi connectivity index (χ4n) is 1.99. The number of benzene rings is 1. The number of fused-ring (bicyclic) bond motifs is 1. The first kappa shape index (κ1) is 10.7. The van der Waals surface area contributed by atoms with Gasteiger partial charge in [0, 0.05) is 18.8 Å². The van der Waals surface area contributed by atoms with E-state index in [-0.39, 0.29) is 5.91 Å². The van der Waals surface area contributed by atoms with Crippen LogP contribution in [-0.4, -0.2) is 25.5 Å². The maximum absolute atomic E-state index is 11.6. The van der Waals surface area contributed by atoms with Crippen LogP contribution in [0.15, 0.2) is 36.9 Å². The smallest absolute Gasteiger partial charge is 0.239 e. The molecule has 0 saturated heterocycles. The van der Waals surface area contributed by atoms with Crippen LogP contribution >= 0.6 is 0 Å². The number of anilines is 1. The lowest BCUT2D eigenvalue weighted by molar-refractivity contribution is -0.119. The summed E-state index contributed by atoms with van der Waals surface area (Å²) in [6, 6.07) is 8.25. The predicted molar refractivity (Wildman–Crippen MR) is 65.6 cm³/mol. The van der Waals surface area contributed by atoms with Gasteiger partial charge in [0.25, 0.3) is 0 Å². The summed E-state index contributed by atoms with van der Waals surface area (Å²) in [4.78, 5) is 13.7. The first-order chi connectivity index (χ1) is 7.81. The number of hydrogen-bond acceptors (Lipinski definition) is 2. The first-order valence-corrected chi connectivity index (χ1v) is 5.51. The van der Waals surface area contributed by atoms with E-state index in [9.17, 15) is 4.79 Å². The summed E-state index contributed by atoms with van der Waals surface area (Å²) >= 11 is 0. The van der Waals surface area contributed by atoms with Crippen LogP contribution in [0.4, 0.5) is 5.69 Å². The van der Waals surface area contributed by atoms with Crippen molar-refractivity contribution in [3.8, 4) is 0 Å². The molecule has 1 aliphatic rings. The van der Waals surface area contributed by atoms with Crippen molar-refractivity contribution in [2.45, 2.75) is 6.42 Å². The highest BCUT2D eigenvalue weighted by atomic mass is 16.2. The fraction of sp³-hybridized carbons (Fsp3) is 0.308. The molecule has 0 aliphatic carbocycles. The van der Waals surface area contributed by atoms with Crippen LogP contribution in [0.1, 0.15) is 5.56 Å². The van der Waals surface area contributed by atoms with Gasteiger partial charge >= 0.3 is 0 Å². The van der Waals surface area contributed by atoms with Crippen LogP contribution in [0.25, 0.3) is 0 Å². The van der Waals surface area contributed by atoms with E-state index in [1.54, 1.807) is 6.08 Å². The predicted octanol–water partition coefficient (Wildman–Crippen LogP) is 1.35. The molecule has 1 aromatic carbocycles. The number of carbonyl (C=O) groups is 1. The number of nitrogens with one attached hydrogen (secondary N) is 1. The van der Waals surface area contributed by atoms with Gasteiger partial charge in [-0.3, -0.25) is 4.79 Å².